The Morgan fingerprint density at radius 3 is 2.04 bits per heavy atom. The second kappa shape index (κ2) is 7.56. The monoisotopic (exact) mass is 417 g/mol. The summed E-state index contributed by atoms with van der Waals surface area (Å²) in [6.45, 7) is 6.47. The highest BCUT2D eigenvalue weighted by atomic mass is 79.9. The minimum Gasteiger partial charge on any atom is -0.192 e. The first-order valence-corrected chi connectivity index (χ1v) is 11.1. The number of nitrogens with zero attached hydrogens (tertiary/aromatic N) is 1. The molecule has 2 aromatic carbocycles. The predicted molar refractivity (Wildman–Crippen MR) is 110 cm³/mol. The van der Waals surface area contributed by atoms with E-state index in [9.17, 15) is 5.26 Å². The molecule has 0 saturated heterocycles. The van der Waals surface area contributed by atoms with Crippen molar-refractivity contribution in [1.29, 1.82) is 5.26 Å². The van der Waals surface area contributed by atoms with Crippen LogP contribution in [0.1, 0.15) is 44.5 Å². The van der Waals surface area contributed by atoms with E-state index in [1.54, 1.807) is 0 Å². The summed E-state index contributed by atoms with van der Waals surface area (Å²) >= 11 is 7.62. The maximum absolute atomic E-state index is 9.65. The molecule has 124 valence electrons. The largest absolute Gasteiger partial charge is 0.192 e. The summed E-state index contributed by atoms with van der Waals surface area (Å²) in [5.74, 6) is 3.90. The molecule has 0 radical (unpaired) electrons. The number of benzene rings is 2. The Morgan fingerprint density at radius 2 is 1.46 bits per heavy atom. The van der Waals surface area contributed by atoms with Gasteiger partial charge in [-0.15, -0.1) is 0 Å². The molecular weight excluding hydrogens is 398 g/mol. The lowest BCUT2D eigenvalue weighted by atomic mass is 9.95. The lowest BCUT2D eigenvalue weighted by Gasteiger charge is -2.20. The Morgan fingerprint density at radius 1 is 0.875 bits per heavy atom. The van der Waals surface area contributed by atoms with Crippen LogP contribution < -0.4 is 0 Å². The third kappa shape index (κ3) is 3.27. The second-order valence-electron chi connectivity index (χ2n) is 6.19. The Labute approximate surface area is 161 Å². The van der Waals surface area contributed by atoms with E-state index >= 15 is 0 Å². The molecular formula is C20H20BrNS2. The lowest BCUT2D eigenvalue weighted by Crippen LogP contribution is -2.04. The van der Waals surface area contributed by atoms with E-state index in [1.165, 1.54) is 33.4 Å². The summed E-state index contributed by atoms with van der Waals surface area (Å²) in [6, 6.07) is 9.10. The van der Waals surface area contributed by atoms with Crippen LogP contribution in [-0.4, -0.2) is 0 Å². The van der Waals surface area contributed by atoms with Crippen LogP contribution >= 0.6 is 39.5 Å². The molecule has 0 N–H and O–H groups in total. The second-order valence-corrected chi connectivity index (χ2v) is 8.96. The van der Waals surface area contributed by atoms with Gasteiger partial charge in [-0.2, -0.15) is 28.8 Å². The van der Waals surface area contributed by atoms with Crippen LogP contribution in [-0.2, 0) is 23.0 Å². The Kier molecular flexibility index (Phi) is 5.64. The van der Waals surface area contributed by atoms with Gasteiger partial charge in [0.25, 0.3) is 0 Å². The van der Waals surface area contributed by atoms with Crippen LogP contribution in [0.15, 0.2) is 22.7 Å². The van der Waals surface area contributed by atoms with Gasteiger partial charge in [-0.05, 0) is 59.7 Å². The fraction of sp³-hybridized carbons (Fsp3) is 0.350. The summed E-state index contributed by atoms with van der Waals surface area (Å²) in [4.78, 5) is 0. The third-order valence-corrected chi connectivity index (χ3v) is 7.94. The number of nitriles is 1. The highest BCUT2D eigenvalue weighted by Gasteiger charge is 2.19. The maximum Gasteiger partial charge on any atom is 0.0998 e. The zero-order valence-electron chi connectivity index (χ0n) is 14.2. The van der Waals surface area contributed by atoms with Gasteiger partial charge in [0, 0.05) is 27.5 Å². The first-order chi connectivity index (χ1) is 11.5. The van der Waals surface area contributed by atoms with Gasteiger partial charge in [-0.25, -0.2) is 0 Å². The van der Waals surface area contributed by atoms with Gasteiger partial charge in [0.2, 0.25) is 0 Å². The average molecular weight is 418 g/mol. The average Bonchev–Trinajstić information content (AvgIpc) is 2.57. The van der Waals surface area contributed by atoms with Crippen molar-refractivity contribution in [2.24, 2.45) is 0 Å². The SMILES string of the molecule is Cc1c2cccc1CSCc1c(C)c(c(Br)c(C)c1C#N)CSC2. The number of rotatable bonds is 0. The van der Waals surface area contributed by atoms with Crippen LogP contribution in [0.2, 0.25) is 0 Å². The lowest BCUT2D eigenvalue weighted by molar-refractivity contribution is 1.15. The number of fused-ring (bicyclic) bond motifs is 4. The number of thioether (sulfide) groups is 2. The predicted octanol–water partition coefficient (Wildman–Crippen LogP) is 6.43. The molecule has 0 aromatic heterocycles. The molecule has 0 spiro atoms. The zero-order valence-corrected chi connectivity index (χ0v) is 17.4. The van der Waals surface area contributed by atoms with Crippen molar-refractivity contribution >= 4 is 39.5 Å². The van der Waals surface area contributed by atoms with Crippen LogP contribution in [0, 0.1) is 32.1 Å². The van der Waals surface area contributed by atoms with Crippen LogP contribution in [0.3, 0.4) is 0 Å². The van der Waals surface area contributed by atoms with Crippen LogP contribution in [0.25, 0.3) is 0 Å². The Bertz CT molecular complexity index is 837. The minimum absolute atomic E-state index is 0.850. The number of halogens is 1. The first-order valence-electron chi connectivity index (χ1n) is 7.98. The van der Waals surface area contributed by atoms with E-state index in [1.807, 2.05) is 23.5 Å². The van der Waals surface area contributed by atoms with Crippen LogP contribution in [0.4, 0.5) is 0 Å². The molecule has 3 rings (SSSR count). The van der Waals surface area contributed by atoms with Crippen molar-refractivity contribution in [3.8, 4) is 6.07 Å². The molecule has 0 atom stereocenters. The fourth-order valence-electron chi connectivity index (χ4n) is 3.18. The molecule has 24 heavy (non-hydrogen) atoms. The van der Waals surface area contributed by atoms with E-state index in [0.717, 1.165) is 38.6 Å². The molecule has 1 aliphatic rings. The summed E-state index contributed by atoms with van der Waals surface area (Å²) in [5, 5.41) is 9.65. The zero-order chi connectivity index (χ0) is 17.3. The molecule has 0 unspecified atom stereocenters. The third-order valence-electron chi connectivity index (χ3n) is 4.85. The molecule has 0 aliphatic carbocycles. The smallest absolute Gasteiger partial charge is 0.0998 e. The Balaban J connectivity index is 2.08. The Hall–Kier alpha value is -0.890. The maximum atomic E-state index is 9.65. The van der Waals surface area contributed by atoms with Gasteiger partial charge < -0.3 is 0 Å². The molecule has 0 saturated carbocycles. The van der Waals surface area contributed by atoms with Gasteiger partial charge >= 0.3 is 0 Å². The van der Waals surface area contributed by atoms with E-state index < -0.39 is 0 Å². The van der Waals surface area contributed by atoms with Gasteiger partial charge in [-0.1, -0.05) is 34.1 Å². The first kappa shape index (κ1) is 17.9. The minimum atomic E-state index is 0.850. The van der Waals surface area contributed by atoms with Gasteiger partial charge in [-0.3, -0.25) is 0 Å². The number of hydrogen-bond donors (Lipinski definition) is 0. The molecule has 4 heteroatoms. The van der Waals surface area contributed by atoms with Crippen molar-refractivity contribution in [2.75, 3.05) is 0 Å². The van der Waals surface area contributed by atoms with Gasteiger partial charge in [0.05, 0.1) is 11.6 Å². The molecule has 1 nitrogen and oxygen atoms in total. The van der Waals surface area contributed by atoms with E-state index in [4.69, 9.17) is 0 Å². The molecule has 1 aliphatic heterocycles. The summed E-state index contributed by atoms with van der Waals surface area (Å²) in [5.41, 5.74) is 10.1. The molecule has 0 fully saturated rings. The van der Waals surface area contributed by atoms with Crippen LogP contribution in [0.5, 0.6) is 0 Å². The van der Waals surface area contributed by atoms with E-state index in [-0.39, 0.29) is 0 Å². The van der Waals surface area contributed by atoms with Crippen molar-refractivity contribution in [2.45, 2.75) is 43.8 Å². The highest BCUT2D eigenvalue weighted by Crippen LogP contribution is 2.37. The van der Waals surface area contributed by atoms with Crippen molar-refractivity contribution in [3.05, 3.63) is 67.2 Å². The van der Waals surface area contributed by atoms with Gasteiger partial charge in [0.15, 0.2) is 0 Å². The summed E-state index contributed by atoms with van der Waals surface area (Å²) in [7, 11) is 0. The summed E-state index contributed by atoms with van der Waals surface area (Å²) in [6.07, 6.45) is 0. The van der Waals surface area contributed by atoms with E-state index in [2.05, 4.69) is 61.0 Å². The standard InChI is InChI=1S/C20H20BrNS2/c1-12-15-5-4-6-16(12)9-24-11-19-13(2)18(10-23-8-15)17(7-22)14(3)20(19)21/h4-6H,8-11H2,1-3H3. The topological polar surface area (TPSA) is 23.8 Å². The van der Waals surface area contributed by atoms with Crippen molar-refractivity contribution in [1.82, 2.24) is 0 Å². The molecule has 4 bridgehead atoms. The van der Waals surface area contributed by atoms with Crippen molar-refractivity contribution in [3.63, 3.8) is 0 Å². The summed E-state index contributed by atoms with van der Waals surface area (Å²) < 4.78 is 1.11. The number of hydrogen-bond acceptors (Lipinski definition) is 3. The molecule has 0 amide bonds. The van der Waals surface area contributed by atoms with E-state index in [0.29, 0.717) is 0 Å². The molecule has 1 heterocycles. The van der Waals surface area contributed by atoms with Crippen molar-refractivity contribution < 1.29 is 0 Å². The highest BCUT2D eigenvalue weighted by molar-refractivity contribution is 9.10. The van der Waals surface area contributed by atoms with Gasteiger partial charge in [0.1, 0.15) is 0 Å². The normalized spacial score (nSPS) is 14.5. The molecule has 2 aromatic rings. The fourth-order valence-corrected chi connectivity index (χ4v) is 6.40. The quantitative estimate of drug-likeness (QED) is 0.493.